The Hall–Kier alpha value is -2.66. The molecule has 25 heavy (non-hydrogen) atoms. The predicted molar refractivity (Wildman–Crippen MR) is 102 cm³/mol. The third-order valence-corrected chi connectivity index (χ3v) is 3.97. The zero-order chi connectivity index (χ0) is 17.5. The molecule has 0 unspecified atom stereocenters. The first-order chi connectivity index (χ1) is 12.2. The molecule has 1 heterocycles. The molecule has 5 nitrogen and oxygen atoms in total. The molecule has 0 aliphatic rings. The third-order valence-electron chi connectivity index (χ3n) is 3.74. The normalized spacial score (nSPS) is 10.5. The summed E-state index contributed by atoms with van der Waals surface area (Å²) in [6, 6.07) is 16.2. The number of halogens is 1. The van der Waals surface area contributed by atoms with Gasteiger partial charge in [0.1, 0.15) is 0 Å². The lowest BCUT2D eigenvalue weighted by Gasteiger charge is -2.08. The molecule has 2 aromatic carbocycles. The minimum atomic E-state index is 0.508. The zero-order valence-corrected chi connectivity index (χ0v) is 14.8. The fraction of sp³-hybridized carbons (Fsp3) is 0.211. The number of nitrogens with zero attached hydrogens (tertiary/aromatic N) is 3. The van der Waals surface area contributed by atoms with Crippen molar-refractivity contribution in [3.05, 3.63) is 76.4 Å². The minimum absolute atomic E-state index is 0.508. The van der Waals surface area contributed by atoms with Crippen LogP contribution in [-0.2, 0) is 13.0 Å². The summed E-state index contributed by atoms with van der Waals surface area (Å²) in [5, 5.41) is 15.2. The molecule has 0 bridgehead atoms. The van der Waals surface area contributed by atoms with Gasteiger partial charge in [-0.1, -0.05) is 53.6 Å². The molecule has 0 amide bonds. The molecule has 0 saturated carbocycles. The van der Waals surface area contributed by atoms with E-state index in [1.54, 1.807) is 6.20 Å². The van der Waals surface area contributed by atoms with Crippen molar-refractivity contribution in [2.75, 3.05) is 17.2 Å². The highest BCUT2D eigenvalue weighted by Gasteiger charge is 2.01. The third kappa shape index (κ3) is 5.43. The Labute approximate surface area is 152 Å². The second kappa shape index (κ2) is 8.44. The summed E-state index contributed by atoms with van der Waals surface area (Å²) in [5.74, 6) is 1.21. The molecule has 3 aromatic rings. The lowest BCUT2D eigenvalue weighted by atomic mass is 10.1. The fourth-order valence-electron chi connectivity index (χ4n) is 2.38. The number of hydrogen-bond acceptors (Lipinski definition) is 5. The Balaban J connectivity index is 1.51. The molecule has 0 radical (unpaired) electrons. The van der Waals surface area contributed by atoms with E-state index in [-0.39, 0.29) is 0 Å². The fourth-order valence-corrected chi connectivity index (χ4v) is 2.59. The number of nitrogens with one attached hydrogen (secondary N) is 2. The van der Waals surface area contributed by atoms with Crippen molar-refractivity contribution in [2.45, 2.75) is 19.9 Å². The molecule has 1 aromatic heterocycles. The number of benzene rings is 2. The Morgan fingerprint density at radius 2 is 1.84 bits per heavy atom. The first kappa shape index (κ1) is 17.2. The van der Waals surface area contributed by atoms with E-state index in [0.717, 1.165) is 18.0 Å². The summed E-state index contributed by atoms with van der Waals surface area (Å²) in [6.07, 6.45) is 2.48. The van der Waals surface area contributed by atoms with E-state index in [1.807, 2.05) is 18.2 Å². The summed E-state index contributed by atoms with van der Waals surface area (Å²) in [4.78, 5) is 4.43. The lowest BCUT2D eigenvalue weighted by Crippen LogP contribution is -2.10. The maximum absolute atomic E-state index is 6.00. The van der Waals surface area contributed by atoms with Crippen LogP contribution in [0.15, 0.2) is 54.7 Å². The molecule has 2 N–H and O–H groups in total. The van der Waals surface area contributed by atoms with E-state index in [0.29, 0.717) is 18.3 Å². The maximum Gasteiger partial charge on any atom is 0.244 e. The van der Waals surface area contributed by atoms with E-state index in [9.17, 15) is 0 Å². The van der Waals surface area contributed by atoms with Crippen LogP contribution in [0.25, 0.3) is 0 Å². The summed E-state index contributed by atoms with van der Waals surface area (Å²) in [7, 11) is 0. The van der Waals surface area contributed by atoms with Crippen LogP contribution in [0.3, 0.4) is 0 Å². The van der Waals surface area contributed by atoms with E-state index in [1.165, 1.54) is 16.7 Å². The number of aryl methyl sites for hydroxylation is 1. The molecule has 0 atom stereocenters. The standard InChI is InChI=1S/C19H20ClN5/c1-14-5-7-16(8-6-14)12-22-19-24-18(13-23-25-19)21-10-9-15-3-2-4-17(20)11-15/h2-8,11,13H,9-10,12H2,1H3,(H2,21,22,24,25). The van der Waals surface area contributed by atoms with Crippen molar-refractivity contribution in [3.63, 3.8) is 0 Å². The molecule has 6 heteroatoms. The molecule has 3 rings (SSSR count). The van der Waals surface area contributed by atoms with Crippen molar-refractivity contribution in [2.24, 2.45) is 0 Å². The predicted octanol–water partition coefficient (Wildman–Crippen LogP) is 4.10. The average Bonchev–Trinajstić information content (AvgIpc) is 2.62. The van der Waals surface area contributed by atoms with Crippen LogP contribution < -0.4 is 10.6 Å². The van der Waals surface area contributed by atoms with Gasteiger partial charge in [-0.25, -0.2) is 0 Å². The van der Waals surface area contributed by atoms with E-state index in [4.69, 9.17) is 11.6 Å². The first-order valence-electron chi connectivity index (χ1n) is 8.16. The number of rotatable bonds is 7. The van der Waals surface area contributed by atoms with Crippen LogP contribution in [-0.4, -0.2) is 21.7 Å². The van der Waals surface area contributed by atoms with Crippen LogP contribution in [0.4, 0.5) is 11.8 Å². The molecule has 0 spiro atoms. The van der Waals surface area contributed by atoms with E-state index in [2.05, 4.69) is 63.1 Å². The largest absolute Gasteiger partial charge is 0.368 e. The molecule has 0 aliphatic heterocycles. The van der Waals surface area contributed by atoms with E-state index < -0.39 is 0 Å². The Morgan fingerprint density at radius 1 is 1.00 bits per heavy atom. The van der Waals surface area contributed by atoms with Gasteiger partial charge < -0.3 is 10.6 Å². The smallest absolute Gasteiger partial charge is 0.244 e. The highest BCUT2D eigenvalue weighted by molar-refractivity contribution is 6.30. The van der Waals surface area contributed by atoms with Gasteiger partial charge in [0.05, 0.1) is 6.20 Å². The lowest BCUT2D eigenvalue weighted by molar-refractivity contribution is 0.928. The van der Waals surface area contributed by atoms with Crippen LogP contribution >= 0.6 is 11.6 Å². The second-order valence-corrected chi connectivity index (χ2v) is 6.25. The van der Waals surface area contributed by atoms with Crippen molar-refractivity contribution >= 4 is 23.4 Å². The van der Waals surface area contributed by atoms with Gasteiger partial charge in [0.15, 0.2) is 5.82 Å². The topological polar surface area (TPSA) is 62.7 Å². The maximum atomic E-state index is 6.00. The molecule has 0 aliphatic carbocycles. The van der Waals surface area contributed by atoms with Gasteiger partial charge in [0.25, 0.3) is 0 Å². The van der Waals surface area contributed by atoms with Crippen molar-refractivity contribution in [3.8, 4) is 0 Å². The van der Waals surface area contributed by atoms with E-state index >= 15 is 0 Å². The van der Waals surface area contributed by atoms with Gasteiger partial charge in [0, 0.05) is 18.1 Å². The number of hydrogen-bond donors (Lipinski definition) is 2. The van der Waals surface area contributed by atoms with Gasteiger partial charge in [0.2, 0.25) is 5.95 Å². The summed E-state index contributed by atoms with van der Waals surface area (Å²) >= 11 is 6.00. The first-order valence-corrected chi connectivity index (χ1v) is 8.54. The second-order valence-electron chi connectivity index (χ2n) is 5.81. The molecular formula is C19H20ClN5. The molecular weight excluding hydrogens is 334 g/mol. The monoisotopic (exact) mass is 353 g/mol. The van der Waals surface area contributed by atoms with Crippen molar-refractivity contribution < 1.29 is 0 Å². The van der Waals surface area contributed by atoms with Crippen molar-refractivity contribution in [1.82, 2.24) is 15.2 Å². The SMILES string of the molecule is Cc1ccc(CNc2nncc(NCCc3cccc(Cl)c3)n2)cc1. The van der Waals surface area contributed by atoms with Crippen molar-refractivity contribution in [1.29, 1.82) is 0 Å². The van der Waals surface area contributed by atoms with Gasteiger partial charge in [-0.2, -0.15) is 10.1 Å². The van der Waals surface area contributed by atoms with Gasteiger partial charge in [-0.3, -0.25) is 0 Å². The van der Waals surface area contributed by atoms with Crippen LogP contribution in [0.2, 0.25) is 5.02 Å². The van der Waals surface area contributed by atoms with Crippen LogP contribution in [0, 0.1) is 6.92 Å². The highest BCUT2D eigenvalue weighted by Crippen LogP contribution is 2.12. The Bertz CT molecular complexity index is 820. The summed E-state index contributed by atoms with van der Waals surface area (Å²) in [5.41, 5.74) is 3.60. The highest BCUT2D eigenvalue weighted by atomic mass is 35.5. The van der Waals surface area contributed by atoms with Crippen LogP contribution in [0.1, 0.15) is 16.7 Å². The average molecular weight is 354 g/mol. The molecule has 0 fully saturated rings. The van der Waals surface area contributed by atoms with Crippen LogP contribution in [0.5, 0.6) is 0 Å². The number of aromatic nitrogens is 3. The Kier molecular flexibility index (Phi) is 5.80. The Morgan fingerprint density at radius 3 is 2.64 bits per heavy atom. The molecule has 0 saturated heterocycles. The van der Waals surface area contributed by atoms with Gasteiger partial charge in [-0.05, 0) is 36.6 Å². The number of anilines is 2. The quantitative estimate of drug-likeness (QED) is 0.669. The summed E-state index contributed by atoms with van der Waals surface area (Å²) in [6.45, 7) is 3.48. The van der Waals surface area contributed by atoms with Gasteiger partial charge in [-0.15, -0.1) is 5.10 Å². The van der Waals surface area contributed by atoms with Gasteiger partial charge >= 0.3 is 0 Å². The minimum Gasteiger partial charge on any atom is -0.368 e. The molecule has 128 valence electrons. The zero-order valence-electron chi connectivity index (χ0n) is 14.0. The summed E-state index contributed by atoms with van der Waals surface area (Å²) < 4.78 is 0.